The van der Waals surface area contributed by atoms with Crippen LogP contribution in [0.5, 0.6) is 0 Å². The Morgan fingerprint density at radius 3 is 2.92 bits per heavy atom. The van der Waals surface area contributed by atoms with E-state index in [1.165, 1.54) is 18.5 Å². The summed E-state index contributed by atoms with van der Waals surface area (Å²) in [6.07, 6.45) is 5.46. The Bertz CT molecular complexity index is 303. The number of pyridine rings is 1. The van der Waals surface area contributed by atoms with Crippen LogP contribution in [0.4, 0.5) is 5.69 Å². The molecule has 0 saturated heterocycles. The largest absolute Gasteiger partial charge is 0.380 e. The van der Waals surface area contributed by atoms with Crippen molar-refractivity contribution in [3.05, 3.63) is 24.0 Å². The highest BCUT2D eigenvalue weighted by Gasteiger charge is 2.36. The van der Waals surface area contributed by atoms with Crippen molar-refractivity contribution in [2.45, 2.75) is 38.6 Å². The minimum Gasteiger partial charge on any atom is -0.380 e. The summed E-state index contributed by atoms with van der Waals surface area (Å²) in [5.41, 5.74) is 2.74. The fraction of sp³-hybridized carbons (Fsp3) is 0.545. The molecule has 1 heterocycles. The van der Waals surface area contributed by atoms with Gasteiger partial charge in [0.05, 0.1) is 0 Å². The van der Waals surface area contributed by atoms with E-state index in [0.717, 1.165) is 12.1 Å². The number of nitrogens with zero attached hydrogens (tertiary/aromatic N) is 1. The van der Waals surface area contributed by atoms with E-state index in [0.29, 0.717) is 5.54 Å². The maximum absolute atomic E-state index is 4.27. The van der Waals surface area contributed by atoms with Crippen molar-refractivity contribution in [3.63, 3.8) is 0 Å². The molecule has 2 rings (SSSR count). The van der Waals surface area contributed by atoms with Crippen molar-refractivity contribution in [3.8, 4) is 0 Å². The van der Waals surface area contributed by atoms with Gasteiger partial charge in [-0.3, -0.25) is 4.98 Å². The van der Waals surface area contributed by atoms with Crippen molar-refractivity contribution in [1.29, 1.82) is 0 Å². The van der Waals surface area contributed by atoms with E-state index in [2.05, 4.69) is 30.2 Å². The third-order valence-corrected chi connectivity index (χ3v) is 2.62. The van der Waals surface area contributed by atoms with E-state index in [1.54, 1.807) is 0 Å². The molecule has 1 aromatic heterocycles. The molecule has 70 valence electrons. The van der Waals surface area contributed by atoms with Gasteiger partial charge in [0, 0.05) is 23.1 Å². The van der Waals surface area contributed by atoms with Gasteiger partial charge >= 0.3 is 0 Å². The Morgan fingerprint density at radius 2 is 2.31 bits per heavy atom. The third-order valence-electron chi connectivity index (χ3n) is 2.62. The summed E-state index contributed by atoms with van der Waals surface area (Å²) in [5, 5.41) is 3.53. The van der Waals surface area contributed by atoms with Gasteiger partial charge in [0.2, 0.25) is 0 Å². The molecule has 1 aliphatic rings. The fourth-order valence-electron chi connectivity index (χ4n) is 1.41. The molecule has 2 heteroatoms. The van der Waals surface area contributed by atoms with E-state index >= 15 is 0 Å². The van der Waals surface area contributed by atoms with Crippen LogP contribution in [0.25, 0.3) is 0 Å². The maximum atomic E-state index is 4.27. The van der Waals surface area contributed by atoms with Crippen LogP contribution in [-0.2, 0) is 6.42 Å². The topological polar surface area (TPSA) is 24.9 Å². The molecule has 1 fully saturated rings. The van der Waals surface area contributed by atoms with Crippen molar-refractivity contribution >= 4 is 5.69 Å². The van der Waals surface area contributed by atoms with E-state index in [9.17, 15) is 0 Å². The number of aryl methyl sites for hydroxylation is 1. The summed E-state index contributed by atoms with van der Waals surface area (Å²) in [5.74, 6) is 0. The summed E-state index contributed by atoms with van der Waals surface area (Å²) < 4.78 is 0. The average molecular weight is 176 g/mol. The van der Waals surface area contributed by atoms with Gasteiger partial charge in [0.25, 0.3) is 0 Å². The molecule has 0 aromatic carbocycles. The SMILES string of the molecule is CCc1cc(NC2(C)CC2)ccn1. The van der Waals surface area contributed by atoms with Crippen molar-refractivity contribution in [2.75, 3.05) is 5.32 Å². The van der Waals surface area contributed by atoms with Gasteiger partial charge in [-0.15, -0.1) is 0 Å². The summed E-state index contributed by atoms with van der Waals surface area (Å²) in [4.78, 5) is 4.27. The minimum absolute atomic E-state index is 0.367. The van der Waals surface area contributed by atoms with Gasteiger partial charge in [-0.05, 0) is 38.3 Å². The van der Waals surface area contributed by atoms with Crippen LogP contribution in [0.2, 0.25) is 0 Å². The highest BCUT2D eigenvalue weighted by molar-refractivity contribution is 5.47. The molecule has 1 saturated carbocycles. The summed E-state index contributed by atoms with van der Waals surface area (Å²) in [7, 11) is 0. The van der Waals surface area contributed by atoms with Gasteiger partial charge in [0.1, 0.15) is 0 Å². The second kappa shape index (κ2) is 3.02. The van der Waals surface area contributed by atoms with E-state index in [4.69, 9.17) is 0 Å². The Morgan fingerprint density at radius 1 is 1.54 bits per heavy atom. The molecule has 0 spiro atoms. The molecule has 0 aliphatic heterocycles. The molecule has 0 amide bonds. The zero-order valence-corrected chi connectivity index (χ0v) is 8.30. The second-order valence-corrected chi connectivity index (χ2v) is 4.08. The number of anilines is 1. The van der Waals surface area contributed by atoms with Gasteiger partial charge in [-0.2, -0.15) is 0 Å². The molecule has 0 unspecified atom stereocenters. The standard InChI is InChI=1S/C11H16N2/c1-3-9-8-10(4-7-12-9)13-11(2)5-6-11/h4,7-8H,3,5-6H2,1-2H3,(H,12,13). The Balaban J connectivity index is 2.11. The molecule has 13 heavy (non-hydrogen) atoms. The van der Waals surface area contributed by atoms with Gasteiger partial charge < -0.3 is 5.32 Å². The normalized spacial score (nSPS) is 18.3. The van der Waals surface area contributed by atoms with E-state index < -0.39 is 0 Å². The van der Waals surface area contributed by atoms with Crippen LogP contribution in [0, 0.1) is 0 Å². The maximum Gasteiger partial charge on any atom is 0.0421 e. The number of hydrogen-bond acceptors (Lipinski definition) is 2. The van der Waals surface area contributed by atoms with Crippen LogP contribution >= 0.6 is 0 Å². The highest BCUT2D eigenvalue weighted by atomic mass is 15.0. The Labute approximate surface area is 79.4 Å². The molecule has 1 aliphatic carbocycles. The van der Waals surface area contributed by atoms with Crippen LogP contribution in [0.15, 0.2) is 18.3 Å². The Hall–Kier alpha value is -1.05. The smallest absolute Gasteiger partial charge is 0.0421 e. The minimum atomic E-state index is 0.367. The third kappa shape index (κ3) is 2.00. The zero-order chi connectivity index (χ0) is 9.31. The van der Waals surface area contributed by atoms with Crippen LogP contribution in [-0.4, -0.2) is 10.5 Å². The molecule has 1 N–H and O–H groups in total. The van der Waals surface area contributed by atoms with Crippen LogP contribution in [0.1, 0.15) is 32.4 Å². The number of nitrogens with one attached hydrogen (secondary N) is 1. The van der Waals surface area contributed by atoms with Gasteiger partial charge in [-0.25, -0.2) is 0 Å². The number of rotatable bonds is 3. The highest BCUT2D eigenvalue weighted by Crippen LogP contribution is 2.37. The molecule has 1 aromatic rings. The first-order chi connectivity index (χ1) is 6.22. The lowest BCUT2D eigenvalue weighted by atomic mass is 10.2. The van der Waals surface area contributed by atoms with Crippen molar-refractivity contribution in [2.24, 2.45) is 0 Å². The van der Waals surface area contributed by atoms with Crippen LogP contribution < -0.4 is 5.32 Å². The van der Waals surface area contributed by atoms with Gasteiger partial charge in [0.15, 0.2) is 0 Å². The first-order valence-electron chi connectivity index (χ1n) is 4.95. The van der Waals surface area contributed by atoms with Gasteiger partial charge in [-0.1, -0.05) is 6.92 Å². The van der Waals surface area contributed by atoms with Crippen molar-refractivity contribution in [1.82, 2.24) is 4.98 Å². The van der Waals surface area contributed by atoms with E-state index in [1.807, 2.05) is 12.3 Å². The molecule has 0 bridgehead atoms. The summed E-state index contributed by atoms with van der Waals surface area (Å²) >= 11 is 0. The van der Waals surface area contributed by atoms with Crippen LogP contribution in [0.3, 0.4) is 0 Å². The first kappa shape index (κ1) is 8.54. The summed E-state index contributed by atoms with van der Waals surface area (Å²) in [6, 6.07) is 4.19. The lowest BCUT2D eigenvalue weighted by Gasteiger charge is -2.13. The predicted octanol–water partition coefficient (Wildman–Crippen LogP) is 2.61. The molecule has 0 atom stereocenters. The first-order valence-corrected chi connectivity index (χ1v) is 4.95. The quantitative estimate of drug-likeness (QED) is 0.765. The second-order valence-electron chi connectivity index (χ2n) is 4.08. The fourth-order valence-corrected chi connectivity index (χ4v) is 1.41. The molecule has 2 nitrogen and oxygen atoms in total. The lowest BCUT2D eigenvalue weighted by Crippen LogP contribution is -2.15. The Kier molecular flexibility index (Phi) is 1.98. The monoisotopic (exact) mass is 176 g/mol. The predicted molar refractivity (Wildman–Crippen MR) is 54.9 cm³/mol. The summed E-state index contributed by atoms with van der Waals surface area (Å²) in [6.45, 7) is 4.39. The van der Waals surface area contributed by atoms with Crippen molar-refractivity contribution < 1.29 is 0 Å². The van der Waals surface area contributed by atoms with E-state index in [-0.39, 0.29) is 0 Å². The number of aromatic nitrogens is 1. The molecular weight excluding hydrogens is 160 g/mol. The molecule has 0 radical (unpaired) electrons. The number of hydrogen-bond donors (Lipinski definition) is 1. The molecular formula is C11H16N2. The zero-order valence-electron chi connectivity index (χ0n) is 8.30. The average Bonchev–Trinajstić information content (AvgIpc) is 2.84. The lowest BCUT2D eigenvalue weighted by molar-refractivity contribution is 0.827.